The number of hydrogen-bond acceptors (Lipinski definition) is 38. The number of nitrogens with two attached hydrogens (primary N) is 2. The lowest BCUT2D eigenvalue weighted by atomic mass is 10.0. The van der Waals surface area contributed by atoms with E-state index in [-0.39, 0.29) is 111 Å². The standard InChI is InChI=1S/C46H69N9O14P2S2Si2.C22H25N9O12P2S2.2H3N/c1-25(2)29(56)20-27-16-17-28-37(50-27)49-24-55(41(28)59)43-36(69-75(14,15)46(8,9)10)33-30(64-43)22-63-71(73,61-19-18-47-11)67-35-34(68-74(12,13)45(5,6)7)31(21-62-70(60,72)66-33)65-42(35)54-23-48-32-38(54)51-44(53-40(32)58)52-39(57)26(3)4;23-10-2-1-7-16(27-10)26-6-31(19(7)35)20-13(33)14-9(41-20)4-39-45(37,47)43-15-12(32)8(3-38-44(36,46)42-14)40-21(15)30-5-25-11-17(30)28-22(24)29-18(11)34;;/h16-17,23-26,30-31,33-36,42-43H,18-22H2,1-10,12-15H3,(H,60,72)(H2,51,52,53,57,58);1-2,5-6,8-9,12-15,20-21,32-33H,3-4H2,(H2,23,27)(H,36,46)(H,37,47)(H3,24,28,29,34);2*1H3/p+1/t30-,31-,33-,34-,35-,36-,42-,43-,70?,71?;8-,9-,12-,13-,14-,15-,20-,21-,44?,45?;;/m11../s1. The van der Waals surface area contributed by atoms with Crippen molar-refractivity contribution < 1.29 is 103 Å². The molecule has 680 valence electrons. The van der Waals surface area contributed by atoms with E-state index in [1.54, 1.807) is 39.8 Å². The maximum absolute atomic E-state index is 14.6. The molecule has 14 heterocycles. The number of anilines is 3. The normalized spacial score (nSPS) is 30.9. The molecule has 0 aromatic carbocycles. The maximum atomic E-state index is 14.6. The van der Waals surface area contributed by atoms with Crippen molar-refractivity contribution in [2.45, 2.75) is 210 Å². The number of nitrogens with zero attached hydrogens (tertiary/aromatic N) is 13. The number of amides is 1. The number of ketones is 1. The Balaban J connectivity index is 0.000000261. The van der Waals surface area contributed by atoms with Gasteiger partial charge in [-0.15, -0.1) is 0 Å². The largest absolute Gasteiger partial charge is 0.660 e. The van der Waals surface area contributed by atoms with E-state index in [4.69, 9.17) is 134 Å². The number of imidazole rings is 2. The van der Waals surface area contributed by atoms with Crippen LogP contribution in [-0.4, -0.2) is 229 Å². The highest BCUT2D eigenvalue weighted by Crippen LogP contribution is 2.60. The fourth-order valence-electron chi connectivity index (χ4n) is 13.2. The quantitative estimate of drug-likeness (QED) is 0.0171. The van der Waals surface area contributed by atoms with Crippen LogP contribution in [-0.2, 0) is 137 Å². The molecule has 8 aromatic heterocycles. The van der Waals surface area contributed by atoms with Crippen LogP contribution in [0, 0.1) is 18.4 Å². The number of hydrogen-bond donors (Lipinski definition) is 11. The summed E-state index contributed by atoms with van der Waals surface area (Å²) in [4.78, 5) is 145. The molecule has 6 aliphatic heterocycles. The zero-order valence-corrected chi connectivity index (χ0v) is 79.0. The number of fused-ring (bicyclic) bond motifs is 10. The molecule has 0 spiro atoms. The Hall–Kier alpha value is -6.37. The first-order chi connectivity index (χ1) is 57.0. The molecule has 14 rings (SSSR count). The Morgan fingerprint density at radius 1 is 0.621 bits per heavy atom. The minimum absolute atomic E-state index is 0. The topological polar surface area (TPSA) is 635 Å². The Morgan fingerprint density at radius 3 is 1.72 bits per heavy atom. The van der Waals surface area contributed by atoms with Crippen LogP contribution >= 0.6 is 27.0 Å². The van der Waals surface area contributed by atoms with Crippen molar-refractivity contribution in [1.82, 2.24) is 80.4 Å². The van der Waals surface area contributed by atoms with E-state index in [9.17, 15) is 53.3 Å². The lowest BCUT2D eigenvalue weighted by Gasteiger charge is -2.41. The zero-order chi connectivity index (χ0) is 88.8. The van der Waals surface area contributed by atoms with Crippen molar-refractivity contribution >= 4 is 165 Å². The summed E-state index contributed by atoms with van der Waals surface area (Å²) in [5.74, 6) is -1.32. The number of nitrogens with one attached hydrogen (secondary N) is 3. The highest BCUT2D eigenvalue weighted by molar-refractivity contribution is 8.32. The van der Waals surface area contributed by atoms with Crippen LogP contribution in [0.15, 0.2) is 68.8 Å². The summed E-state index contributed by atoms with van der Waals surface area (Å²) < 4.78 is 113. The van der Waals surface area contributed by atoms with Gasteiger partial charge in [0.25, 0.3) is 22.2 Å². The molecule has 4 unspecified atom stereocenters. The number of H-pyrrole nitrogens is 2. The summed E-state index contributed by atoms with van der Waals surface area (Å²) in [5, 5.41) is 24.5. The van der Waals surface area contributed by atoms with Gasteiger partial charge in [0.05, 0.1) is 55.5 Å². The summed E-state index contributed by atoms with van der Waals surface area (Å²) in [6, 6.07) is 5.97. The Labute approximate surface area is 730 Å². The number of aliphatic hydroxyl groups is 2. The van der Waals surface area contributed by atoms with Crippen molar-refractivity contribution in [3.05, 3.63) is 108 Å². The third kappa shape index (κ3) is 20.9. The molecule has 4 bridgehead atoms. The van der Waals surface area contributed by atoms with E-state index in [0.717, 1.165) is 10.9 Å². The monoisotopic (exact) mass is 1920 g/mol. The molecular formula is C68H101N20O26P4S4Si2+. The number of carbonyl (C=O) groups is 2. The van der Waals surface area contributed by atoms with Crippen molar-refractivity contribution in [3.8, 4) is 0 Å². The molecule has 6 saturated heterocycles. The summed E-state index contributed by atoms with van der Waals surface area (Å²) in [6.07, 6.45) is -16.6. The van der Waals surface area contributed by atoms with Gasteiger partial charge in [0.1, 0.15) is 104 Å². The minimum atomic E-state index is -4.50. The van der Waals surface area contributed by atoms with Crippen molar-refractivity contribution in [1.29, 1.82) is 0 Å². The number of aliphatic hydroxyl groups excluding tert-OH is 2. The number of nitrogen functional groups attached to an aromatic ring is 2. The third-order valence-corrected chi connectivity index (χ3v) is 37.8. The maximum Gasteiger partial charge on any atom is 0.328 e. The second-order valence-electron chi connectivity index (χ2n) is 33.1. The van der Waals surface area contributed by atoms with Gasteiger partial charge in [0, 0.05) is 18.3 Å². The number of ether oxygens (including phenoxy) is 4. The molecule has 0 saturated carbocycles. The SMILES string of the molecule is Nc1ccc2c(=O)n([C@@H]3O[C@@H]4COP(O)(=S)O[C@@H]5[C@H](O)[C@@H](COP(=O)([S-])O[C@H]4[C@H]3O)O[C@H]5n3cnc4c(=O)[nH]c(N)nc43)cnc2n1.[C-]#[N+]CCOP1(=S)OC[C@H]2O[C@@H](n3cnc4nc(CC(=O)C(C)C)ccc4c3=O)[C@H](O[Si](C)(C)C(C)(C)C)[C@@H]2OP(O)(=S)OC[C@H]2O[C@@H](n3cnc4c(=O)[nH]c(NC(=O)C(C)C)nc43)[C@H](O1)[C@@H]2O[Si](C)(C)C(C)(C)C.[NH4+].[NH4+]. The lowest BCUT2D eigenvalue weighted by Crippen LogP contribution is -2.50. The van der Waals surface area contributed by atoms with Gasteiger partial charge in [-0.05, 0) is 96.0 Å². The molecule has 0 aliphatic carbocycles. The number of quaternary nitrogens is 2. The fraction of sp³-hybridized carbons (Fsp3) is 0.603. The van der Waals surface area contributed by atoms with E-state index in [1.165, 1.54) is 44.8 Å². The predicted molar refractivity (Wildman–Crippen MR) is 466 cm³/mol. The van der Waals surface area contributed by atoms with Gasteiger partial charge >= 0.3 is 20.2 Å². The molecule has 1 amide bonds. The number of carbonyl (C=O) groups excluding carboxylic acids is 2. The number of aromatic amines is 2. The molecule has 46 nitrogen and oxygen atoms in total. The van der Waals surface area contributed by atoms with Crippen LogP contribution in [0.2, 0.25) is 36.3 Å². The number of pyridine rings is 2. The number of rotatable bonds is 16. The van der Waals surface area contributed by atoms with Gasteiger partial charge in [0.15, 0.2) is 82.0 Å². The first-order valence-electron chi connectivity index (χ1n) is 38.2. The zero-order valence-electron chi connectivity index (χ0n) is 70.1. The predicted octanol–water partition coefficient (Wildman–Crippen LogP) is 6.10. The summed E-state index contributed by atoms with van der Waals surface area (Å²) in [7, 11) is -5.64. The molecule has 6 aliphatic rings. The van der Waals surface area contributed by atoms with Crippen LogP contribution in [0.4, 0.5) is 17.7 Å². The Kier molecular flexibility index (Phi) is 29.8. The van der Waals surface area contributed by atoms with Crippen LogP contribution in [0.1, 0.15) is 99.8 Å². The highest BCUT2D eigenvalue weighted by atomic mass is 32.7. The number of Topliss-reactive ketones (excluding diaryl/α,β-unsaturated/α-hetero) is 1. The smallest absolute Gasteiger partial charge is 0.328 e. The second-order valence-corrected chi connectivity index (χ2v) is 53.8. The van der Waals surface area contributed by atoms with E-state index in [0.29, 0.717) is 5.69 Å². The van der Waals surface area contributed by atoms with Gasteiger partial charge in [-0.2, -0.15) is 9.97 Å². The molecule has 0 radical (unpaired) electrons. The summed E-state index contributed by atoms with van der Waals surface area (Å²) in [5.41, 5.74) is 9.24. The van der Waals surface area contributed by atoms with Gasteiger partial charge < -0.3 is 116 Å². The summed E-state index contributed by atoms with van der Waals surface area (Å²) >= 11 is 22.4. The summed E-state index contributed by atoms with van der Waals surface area (Å²) in [6.45, 7) is 15.1. The second kappa shape index (κ2) is 37.6. The van der Waals surface area contributed by atoms with Crippen molar-refractivity contribution in [2.24, 2.45) is 11.8 Å². The molecule has 19 N–H and O–H groups in total. The van der Waals surface area contributed by atoms with Crippen LogP contribution < -0.4 is 51.3 Å². The van der Waals surface area contributed by atoms with Crippen molar-refractivity contribution in [2.75, 3.05) is 56.4 Å². The third-order valence-electron chi connectivity index (χ3n) is 21.8. The molecule has 124 heavy (non-hydrogen) atoms. The van der Waals surface area contributed by atoms with E-state index >= 15 is 0 Å². The number of aromatic nitrogens is 14. The van der Waals surface area contributed by atoms with Crippen LogP contribution in [0.5, 0.6) is 0 Å². The van der Waals surface area contributed by atoms with E-state index in [2.05, 4.69) is 60.0 Å². The van der Waals surface area contributed by atoms with E-state index in [1.807, 2.05) is 67.7 Å². The van der Waals surface area contributed by atoms with E-state index < -0.39 is 207 Å². The Bertz CT molecular complexity index is 5860. The average molecular weight is 1920 g/mol. The minimum Gasteiger partial charge on any atom is -0.660 e. The molecule has 8 aromatic rings. The fourth-order valence-corrected chi connectivity index (χ4v) is 22.2. The Morgan fingerprint density at radius 2 is 1.12 bits per heavy atom. The first kappa shape index (κ1) is 98.2. The van der Waals surface area contributed by atoms with Gasteiger partial charge in [-0.3, -0.25) is 80.5 Å². The van der Waals surface area contributed by atoms with Gasteiger partial charge in [0.2, 0.25) is 24.3 Å². The van der Waals surface area contributed by atoms with Crippen LogP contribution in [0.25, 0.3) is 49.2 Å². The lowest BCUT2D eigenvalue weighted by molar-refractivity contribution is -0.121. The molecule has 6 fully saturated rings. The average Bonchev–Trinajstić information content (AvgIpc) is 1.59. The molecule has 20 atom stereocenters. The highest BCUT2D eigenvalue weighted by Gasteiger charge is 2.59. The van der Waals surface area contributed by atoms with Gasteiger partial charge in [-0.25, -0.2) is 36.5 Å². The van der Waals surface area contributed by atoms with Crippen molar-refractivity contribution in [3.63, 3.8) is 0 Å². The van der Waals surface area contributed by atoms with Crippen LogP contribution in [0.3, 0.4) is 0 Å². The molecule has 56 heteroatoms. The molecular weight excluding hydrogens is 1820 g/mol. The first-order valence-corrected chi connectivity index (χ1v) is 54.3. The van der Waals surface area contributed by atoms with Gasteiger partial charge in [-0.1, -0.05) is 69.2 Å².